The molecule has 0 amide bonds. The van der Waals surface area contributed by atoms with Crippen LogP contribution in [0.15, 0.2) is 53.4 Å². The average molecular weight is 328 g/mol. The van der Waals surface area contributed by atoms with Gasteiger partial charge in [-0.05, 0) is 17.0 Å². The zero-order valence-electron chi connectivity index (χ0n) is 12.0. The summed E-state index contributed by atoms with van der Waals surface area (Å²) in [5.74, 6) is 0. The van der Waals surface area contributed by atoms with Gasteiger partial charge in [0.25, 0.3) is 0 Å². The van der Waals surface area contributed by atoms with Crippen LogP contribution in [0.2, 0.25) is 0 Å². The highest BCUT2D eigenvalue weighted by atomic mass is 32.1. The molecule has 1 fully saturated rings. The highest BCUT2D eigenvalue weighted by Gasteiger charge is 2.42. The molecule has 1 aliphatic heterocycles. The van der Waals surface area contributed by atoms with Gasteiger partial charge in [0, 0.05) is 41.7 Å². The number of hydrogen-bond acceptors (Lipinski definition) is 5. The normalized spacial score (nSPS) is 17.3. The number of nitrogens with zero attached hydrogens (tertiary/aromatic N) is 2. The SMILES string of the molecule is OC1(c2ccccc2)CN(Cc2cnc(-c3ccsc3)s2)C1. The Kier molecular flexibility index (Phi) is 3.58. The van der Waals surface area contributed by atoms with E-state index in [-0.39, 0.29) is 0 Å². The molecule has 0 unspecified atom stereocenters. The zero-order chi connectivity index (χ0) is 15.0. The van der Waals surface area contributed by atoms with Gasteiger partial charge < -0.3 is 5.11 Å². The molecule has 112 valence electrons. The molecule has 0 bridgehead atoms. The van der Waals surface area contributed by atoms with Crippen molar-refractivity contribution >= 4 is 22.7 Å². The molecule has 3 heterocycles. The van der Waals surface area contributed by atoms with Crippen LogP contribution in [0.25, 0.3) is 10.6 Å². The number of benzene rings is 1. The van der Waals surface area contributed by atoms with Crippen molar-refractivity contribution < 1.29 is 5.11 Å². The van der Waals surface area contributed by atoms with Crippen molar-refractivity contribution in [1.82, 2.24) is 9.88 Å². The van der Waals surface area contributed by atoms with E-state index in [1.165, 1.54) is 10.4 Å². The van der Waals surface area contributed by atoms with Crippen molar-refractivity contribution in [1.29, 1.82) is 0 Å². The number of rotatable bonds is 4. The molecule has 4 rings (SSSR count). The Morgan fingerprint density at radius 3 is 2.73 bits per heavy atom. The summed E-state index contributed by atoms with van der Waals surface area (Å²) in [6, 6.07) is 12.0. The summed E-state index contributed by atoms with van der Waals surface area (Å²) in [5.41, 5.74) is 1.52. The number of aromatic nitrogens is 1. The van der Waals surface area contributed by atoms with E-state index in [0.29, 0.717) is 13.1 Å². The van der Waals surface area contributed by atoms with Gasteiger partial charge in [-0.1, -0.05) is 30.3 Å². The molecule has 2 aromatic heterocycles. The first-order valence-electron chi connectivity index (χ1n) is 7.20. The minimum atomic E-state index is -0.692. The van der Waals surface area contributed by atoms with Crippen LogP contribution in [0.4, 0.5) is 0 Å². The number of β-amino-alcohol motifs (C(OH)–C–C–N with tert-alkyl or cyclic N) is 1. The number of hydrogen-bond donors (Lipinski definition) is 1. The van der Waals surface area contributed by atoms with Gasteiger partial charge in [0.1, 0.15) is 10.6 Å². The summed E-state index contributed by atoms with van der Waals surface area (Å²) in [4.78, 5) is 8.01. The van der Waals surface area contributed by atoms with E-state index in [1.54, 1.807) is 22.7 Å². The Morgan fingerprint density at radius 2 is 2.00 bits per heavy atom. The van der Waals surface area contributed by atoms with Crippen LogP contribution in [-0.2, 0) is 12.1 Å². The number of aliphatic hydroxyl groups is 1. The summed E-state index contributed by atoms with van der Waals surface area (Å²) in [5, 5.41) is 15.9. The third kappa shape index (κ3) is 2.61. The van der Waals surface area contributed by atoms with Gasteiger partial charge in [-0.25, -0.2) is 4.98 Å². The highest BCUT2D eigenvalue weighted by molar-refractivity contribution is 7.15. The first-order valence-corrected chi connectivity index (χ1v) is 8.96. The van der Waals surface area contributed by atoms with Gasteiger partial charge in [0.05, 0.1) is 0 Å². The van der Waals surface area contributed by atoms with Crippen molar-refractivity contribution in [2.75, 3.05) is 13.1 Å². The Bertz CT molecular complexity index is 746. The van der Waals surface area contributed by atoms with Crippen molar-refractivity contribution in [2.24, 2.45) is 0 Å². The van der Waals surface area contributed by atoms with E-state index in [2.05, 4.69) is 26.7 Å². The third-order valence-corrected chi connectivity index (χ3v) is 5.70. The standard InChI is InChI=1S/C17H16N2OS2/c20-17(14-4-2-1-3-5-14)11-19(12-17)9-15-8-18-16(22-15)13-6-7-21-10-13/h1-8,10,20H,9,11-12H2. The third-order valence-electron chi connectivity index (χ3n) is 3.98. The molecular weight excluding hydrogens is 312 g/mol. The highest BCUT2D eigenvalue weighted by Crippen LogP contribution is 2.34. The van der Waals surface area contributed by atoms with Crippen LogP contribution >= 0.6 is 22.7 Å². The van der Waals surface area contributed by atoms with Crippen molar-refractivity contribution in [3.05, 3.63) is 63.8 Å². The Balaban J connectivity index is 1.40. The van der Waals surface area contributed by atoms with Crippen LogP contribution in [0.5, 0.6) is 0 Å². The lowest BCUT2D eigenvalue weighted by Crippen LogP contribution is -2.58. The Hall–Kier alpha value is -1.53. The minimum Gasteiger partial charge on any atom is -0.382 e. The minimum absolute atomic E-state index is 0.683. The second-order valence-electron chi connectivity index (χ2n) is 5.69. The summed E-state index contributed by atoms with van der Waals surface area (Å²) >= 11 is 3.43. The van der Waals surface area contributed by atoms with Gasteiger partial charge >= 0.3 is 0 Å². The van der Waals surface area contributed by atoms with E-state index in [0.717, 1.165) is 17.1 Å². The smallest absolute Gasteiger partial charge is 0.124 e. The zero-order valence-corrected chi connectivity index (χ0v) is 13.6. The monoisotopic (exact) mass is 328 g/mol. The fraction of sp³-hybridized carbons (Fsp3) is 0.235. The number of likely N-dealkylation sites (tertiary alicyclic amines) is 1. The summed E-state index contributed by atoms with van der Waals surface area (Å²) in [7, 11) is 0. The largest absolute Gasteiger partial charge is 0.382 e. The van der Waals surface area contributed by atoms with Crippen molar-refractivity contribution in [2.45, 2.75) is 12.1 Å². The lowest BCUT2D eigenvalue weighted by molar-refractivity contribution is -0.107. The van der Waals surface area contributed by atoms with E-state index in [9.17, 15) is 5.11 Å². The molecule has 1 aromatic carbocycles. The summed E-state index contributed by atoms with van der Waals surface area (Å²) < 4.78 is 0. The predicted octanol–water partition coefficient (Wildman–Crippen LogP) is 3.58. The van der Waals surface area contributed by atoms with Crippen LogP contribution in [0.3, 0.4) is 0 Å². The second kappa shape index (κ2) is 5.59. The summed E-state index contributed by atoms with van der Waals surface area (Å²) in [6.45, 7) is 2.22. The second-order valence-corrected chi connectivity index (χ2v) is 7.58. The van der Waals surface area contributed by atoms with Crippen LogP contribution in [0, 0.1) is 0 Å². The molecule has 0 atom stereocenters. The van der Waals surface area contributed by atoms with Crippen LogP contribution in [0.1, 0.15) is 10.4 Å². The summed E-state index contributed by atoms with van der Waals surface area (Å²) in [6.07, 6.45) is 1.96. The lowest BCUT2D eigenvalue weighted by atomic mass is 9.86. The average Bonchev–Trinajstić information content (AvgIpc) is 3.17. The number of thiazole rings is 1. The first-order chi connectivity index (χ1) is 10.7. The topological polar surface area (TPSA) is 36.4 Å². The number of thiophene rings is 1. The van der Waals surface area contributed by atoms with Crippen LogP contribution < -0.4 is 0 Å². The maximum atomic E-state index is 10.6. The molecule has 1 N–H and O–H groups in total. The molecular formula is C17H16N2OS2. The molecule has 5 heteroatoms. The molecule has 0 radical (unpaired) electrons. The van der Waals surface area contributed by atoms with Gasteiger partial charge in [0.2, 0.25) is 0 Å². The quantitative estimate of drug-likeness (QED) is 0.795. The molecule has 1 saturated heterocycles. The van der Waals surface area contributed by atoms with Crippen LogP contribution in [-0.4, -0.2) is 28.1 Å². The van der Waals surface area contributed by atoms with Gasteiger partial charge in [0.15, 0.2) is 0 Å². The van der Waals surface area contributed by atoms with E-state index in [1.807, 2.05) is 36.5 Å². The molecule has 3 nitrogen and oxygen atoms in total. The molecule has 1 aliphatic rings. The predicted molar refractivity (Wildman–Crippen MR) is 91.0 cm³/mol. The van der Waals surface area contributed by atoms with E-state index < -0.39 is 5.60 Å². The lowest BCUT2D eigenvalue weighted by Gasteiger charge is -2.46. The van der Waals surface area contributed by atoms with Gasteiger partial charge in [-0.2, -0.15) is 11.3 Å². The van der Waals surface area contributed by atoms with Crippen molar-refractivity contribution in [3.8, 4) is 10.6 Å². The van der Waals surface area contributed by atoms with E-state index in [4.69, 9.17) is 0 Å². The van der Waals surface area contributed by atoms with Gasteiger partial charge in [-0.15, -0.1) is 11.3 Å². The van der Waals surface area contributed by atoms with E-state index >= 15 is 0 Å². The first kappa shape index (κ1) is 14.1. The Morgan fingerprint density at radius 1 is 1.18 bits per heavy atom. The molecule has 0 spiro atoms. The maximum Gasteiger partial charge on any atom is 0.124 e. The fourth-order valence-electron chi connectivity index (χ4n) is 2.86. The molecule has 3 aromatic rings. The fourth-order valence-corrected chi connectivity index (χ4v) is 4.52. The maximum absolute atomic E-state index is 10.6. The van der Waals surface area contributed by atoms with Crippen molar-refractivity contribution in [3.63, 3.8) is 0 Å². The molecule has 0 aliphatic carbocycles. The molecule has 22 heavy (non-hydrogen) atoms. The van der Waals surface area contributed by atoms with Gasteiger partial charge in [-0.3, -0.25) is 4.90 Å². The molecule has 0 saturated carbocycles. The Labute approximate surface area is 137 Å².